The second-order valence-corrected chi connectivity index (χ2v) is 3.46. The third-order valence-corrected chi connectivity index (χ3v) is 2.58. The first-order valence-electron chi connectivity index (χ1n) is 5.00. The summed E-state index contributed by atoms with van der Waals surface area (Å²) >= 11 is 0. The molecule has 0 aromatic heterocycles. The molecule has 0 heterocycles. The molecule has 1 rings (SSSR count). The zero-order valence-electron chi connectivity index (χ0n) is 8.79. The van der Waals surface area contributed by atoms with Gasteiger partial charge in [0, 0.05) is 20.8 Å². The molecular formula is C10H20O3. The van der Waals surface area contributed by atoms with Crippen molar-refractivity contribution in [3.05, 3.63) is 0 Å². The van der Waals surface area contributed by atoms with Crippen molar-refractivity contribution in [3.8, 4) is 0 Å². The van der Waals surface area contributed by atoms with Gasteiger partial charge in [-0.1, -0.05) is 6.92 Å². The Hall–Kier alpha value is -0.120. The molecule has 0 aromatic carbocycles. The second-order valence-electron chi connectivity index (χ2n) is 3.46. The molecule has 0 saturated heterocycles. The minimum Gasteiger partial charge on any atom is -0.379 e. The van der Waals surface area contributed by atoms with Crippen LogP contribution in [0.25, 0.3) is 0 Å². The highest BCUT2D eigenvalue weighted by molar-refractivity contribution is 4.87. The van der Waals surface area contributed by atoms with E-state index < -0.39 is 0 Å². The van der Waals surface area contributed by atoms with Crippen LogP contribution in [0.2, 0.25) is 0 Å². The van der Waals surface area contributed by atoms with Gasteiger partial charge in [0.2, 0.25) is 0 Å². The topological polar surface area (TPSA) is 27.7 Å². The summed E-state index contributed by atoms with van der Waals surface area (Å²) in [5, 5.41) is 0. The summed E-state index contributed by atoms with van der Waals surface area (Å²) in [5.41, 5.74) is 0. The Labute approximate surface area is 80.4 Å². The largest absolute Gasteiger partial charge is 0.379 e. The van der Waals surface area contributed by atoms with E-state index in [-0.39, 0.29) is 18.3 Å². The van der Waals surface area contributed by atoms with Gasteiger partial charge in [0.05, 0.1) is 12.2 Å². The number of rotatable bonds is 5. The molecule has 78 valence electrons. The van der Waals surface area contributed by atoms with E-state index in [1.807, 2.05) is 0 Å². The Morgan fingerprint density at radius 1 is 1.08 bits per heavy atom. The predicted octanol–water partition coefficient (Wildman–Crippen LogP) is 1.61. The molecule has 3 unspecified atom stereocenters. The van der Waals surface area contributed by atoms with Crippen molar-refractivity contribution in [3.63, 3.8) is 0 Å². The van der Waals surface area contributed by atoms with Crippen molar-refractivity contribution in [2.45, 2.75) is 44.5 Å². The first-order valence-corrected chi connectivity index (χ1v) is 5.00. The lowest BCUT2D eigenvalue weighted by Gasteiger charge is -2.22. The molecule has 0 aliphatic heterocycles. The van der Waals surface area contributed by atoms with E-state index in [9.17, 15) is 0 Å². The molecule has 0 N–H and O–H groups in total. The summed E-state index contributed by atoms with van der Waals surface area (Å²) in [6.07, 6.45) is 3.73. The van der Waals surface area contributed by atoms with E-state index in [2.05, 4.69) is 6.92 Å². The molecule has 0 aromatic rings. The Morgan fingerprint density at radius 3 is 2.31 bits per heavy atom. The van der Waals surface area contributed by atoms with Gasteiger partial charge in [0.25, 0.3) is 0 Å². The molecular weight excluding hydrogens is 168 g/mol. The molecule has 0 amide bonds. The van der Waals surface area contributed by atoms with Gasteiger partial charge in [-0.15, -0.1) is 0 Å². The lowest BCUT2D eigenvalue weighted by atomic mass is 10.2. The van der Waals surface area contributed by atoms with Crippen molar-refractivity contribution < 1.29 is 14.2 Å². The molecule has 13 heavy (non-hydrogen) atoms. The zero-order chi connectivity index (χ0) is 9.68. The van der Waals surface area contributed by atoms with Crippen LogP contribution in [0.5, 0.6) is 0 Å². The van der Waals surface area contributed by atoms with E-state index in [1.54, 1.807) is 14.2 Å². The normalized spacial score (nSPS) is 33.9. The van der Waals surface area contributed by atoms with Crippen LogP contribution in [0.1, 0.15) is 26.2 Å². The lowest BCUT2D eigenvalue weighted by molar-refractivity contribution is -0.0839. The molecule has 3 heteroatoms. The number of methoxy groups -OCH3 is 2. The van der Waals surface area contributed by atoms with Crippen molar-refractivity contribution in [1.82, 2.24) is 0 Å². The molecule has 3 atom stereocenters. The molecule has 1 fully saturated rings. The molecule has 3 nitrogen and oxygen atoms in total. The monoisotopic (exact) mass is 188 g/mol. The quantitative estimate of drug-likeness (QED) is 0.656. The Bertz CT molecular complexity index is 138. The molecule has 0 spiro atoms. The summed E-state index contributed by atoms with van der Waals surface area (Å²) in [4.78, 5) is 0. The first kappa shape index (κ1) is 11.0. The van der Waals surface area contributed by atoms with Gasteiger partial charge in [0.15, 0.2) is 0 Å². The van der Waals surface area contributed by atoms with Gasteiger partial charge >= 0.3 is 0 Å². The summed E-state index contributed by atoms with van der Waals surface area (Å²) in [6, 6.07) is 0. The third-order valence-electron chi connectivity index (χ3n) is 2.58. The molecule has 1 aliphatic rings. The van der Waals surface area contributed by atoms with Crippen molar-refractivity contribution in [1.29, 1.82) is 0 Å². The van der Waals surface area contributed by atoms with Gasteiger partial charge in [-0.05, 0) is 19.3 Å². The van der Waals surface area contributed by atoms with Gasteiger partial charge in [-0.3, -0.25) is 0 Å². The zero-order valence-corrected chi connectivity index (χ0v) is 8.79. The second kappa shape index (κ2) is 5.58. The molecule has 1 saturated carbocycles. The minimum absolute atomic E-state index is 0.122. The SMILES string of the molecule is CCCOC1CCC(OC)C1OC. The van der Waals surface area contributed by atoms with E-state index in [4.69, 9.17) is 14.2 Å². The molecule has 1 aliphatic carbocycles. The highest BCUT2D eigenvalue weighted by Crippen LogP contribution is 2.27. The van der Waals surface area contributed by atoms with Crippen molar-refractivity contribution >= 4 is 0 Å². The fourth-order valence-corrected chi connectivity index (χ4v) is 1.90. The first-order chi connectivity index (χ1) is 6.33. The number of hydrogen-bond acceptors (Lipinski definition) is 3. The maximum Gasteiger partial charge on any atom is 0.109 e. The molecule has 0 radical (unpaired) electrons. The van der Waals surface area contributed by atoms with Gasteiger partial charge in [0.1, 0.15) is 6.10 Å². The standard InChI is InChI=1S/C10H20O3/c1-4-7-13-9-6-5-8(11-2)10(9)12-3/h8-10H,4-7H2,1-3H3. The van der Waals surface area contributed by atoms with Crippen LogP contribution >= 0.6 is 0 Å². The van der Waals surface area contributed by atoms with Crippen LogP contribution in [0.15, 0.2) is 0 Å². The van der Waals surface area contributed by atoms with Crippen LogP contribution in [0, 0.1) is 0 Å². The summed E-state index contributed by atoms with van der Waals surface area (Å²) in [7, 11) is 3.46. The van der Waals surface area contributed by atoms with E-state index in [0.717, 1.165) is 25.9 Å². The van der Waals surface area contributed by atoms with Gasteiger partial charge < -0.3 is 14.2 Å². The van der Waals surface area contributed by atoms with E-state index >= 15 is 0 Å². The fraction of sp³-hybridized carbons (Fsp3) is 1.00. The Morgan fingerprint density at radius 2 is 1.77 bits per heavy atom. The van der Waals surface area contributed by atoms with Crippen LogP contribution < -0.4 is 0 Å². The lowest BCUT2D eigenvalue weighted by Crippen LogP contribution is -2.34. The molecule has 0 bridgehead atoms. The third kappa shape index (κ3) is 2.66. The van der Waals surface area contributed by atoms with Crippen molar-refractivity contribution in [2.24, 2.45) is 0 Å². The van der Waals surface area contributed by atoms with Crippen LogP contribution in [0.3, 0.4) is 0 Å². The fourth-order valence-electron chi connectivity index (χ4n) is 1.90. The van der Waals surface area contributed by atoms with Crippen LogP contribution in [0.4, 0.5) is 0 Å². The average molecular weight is 188 g/mol. The maximum absolute atomic E-state index is 5.68. The summed E-state index contributed by atoms with van der Waals surface area (Å²) < 4.78 is 16.4. The van der Waals surface area contributed by atoms with Crippen molar-refractivity contribution in [2.75, 3.05) is 20.8 Å². The van der Waals surface area contributed by atoms with Crippen LogP contribution in [-0.2, 0) is 14.2 Å². The predicted molar refractivity (Wildman–Crippen MR) is 50.9 cm³/mol. The van der Waals surface area contributed by atoms with E-state index in [0.29, 0.717) is 0 Å². The highest BCUT2D eigenvalue weighted by Gasteiger charge is 2.36. The maximum atomic E-state index is 5.68. The number of hydrogen-bond donors (Lipinski definition) is 0. The van der Waals surface area contributed by atoms with Gasteiger partial charge in [-0.25, -0.2) is 0 Å². The summed E-state index contributed by atoms with van der Waals surface area (Å²) in [5.74, 6) is 0. The smallest absolute Gasteiger partial charge is 0.109 e. The summed E-state index contributed by atoms with van der Waals surface area (Å²) in [6.45, 7) is 2.94. The van der Waals surface area contributed by atoms with Crippen LogP contribution in [-0.4, -0.2) is 39.1 Å². The highest BCUT2D eigenvalue weighted by atomic mass is 16.6. The Kier molecular flexibility index (Phi) is 4.70. The number of ether oxygens (including phenoxy) is 3. The minimum atomic E-state index is 0.122. The average Bonchev–Trinajstić information content (AvgIpc) is 2.56. The van der Waals surface area contributed by atoms with E-state index in [1.165, 1.54) is 0 Å². The van der Waals surface area contributed by atoms with Gasteiger partial charge in [-0.2, -0.15) is 0 Å². The Balaban J connectivity index is 2.37.